The first-order valence-electron chi connectivity index (χ1n) is 18.5. The molecule has 0 saturated carbocycles. The Balaban J connectivity index is 1.09. The van der Waals surface area contributed by atoms with Gasteiger partial charge in [-0.3, -0.25) is 0 Å². The van der Waals surface area contributed by atoms with Crippen molar-refractivity contribution in [3.8, 4) is 56.4 Å². The van der Waals surface area contributed by atoms with Crippen LogP contribution in [0.5, 0.6) is 0 Å². The molecule has 55 heavy (non-hydrogen) atoms. The molecular weight excluding hydrogens is 671 g/mol. The number of fused-ring (bicyclic) bond motifs is 6. The summed E-state index contributed by atoms with van der Waals surface area (Å²) in [4.78, 5) is 15.5. The number of para-hydroxylation sites is 1. The fourth-order valence-corrected chi connectivity index (χ4v) is 8.09. The summed E-state index contributed by atoms with van der Waals surface area (Å²) in [5.41, 5.74) is 9.17. The largest absolute Gasteiger partial charge is 0.456 e. The Bertz CT molecular complexity index is 3270. The quantitative estimate of drug-likeness (QED) is 0.179. The van der Waals surface area contributed by atoms with E-state index in [1.54, 1.807) is 0 Å². The molecule has 0 fully saturated rings. The fraction of sp³-hybridized carbons (Fsp3) is 0. The molecule has 2 heterocycles. The van der Waals surface area contributed by atoms with Crippen LogP contribution in [-0.4, -0.2) is 15.0 Å². The summed E-state index contributed by atoms with van der Waals surface area (Å²) in [6.45, 7) is 0. The van der Waals surface area contributed by atoms with E-state index < -0.39 is 0 Å². The van der Waals surface area contributed by atoms with Crippen molar-refractivity contribution >= 4 is 54.3 Å². The van der Waals surface area contributed by atoms with Crippen LogP contribution in [-0.2, 0) is 0 Å². The van der Waals surface area contributed by atoms with Crippen LogP contribution in [0.15, 0.2) is 192 Å². The topological polar surface area (TPSA) is 51.8 Å². The van der Waals surface area contributed by atoms with E-state index in [2.05, 4.69) is 170 Å². The molecule has 0 radical (unpaired) electrons. The molecular formula is C51H31N3O. The highest BCUT2D eigenvalue weighted by atomic mass is 16.3. The SMILES string of the molecule is c1ccc2cc(-c3nc(-c4ccc(-c5cccc6ccccc56)cc4)nc(-c4ccc(-c5cccc6oc7ccccc7c56)c5ccccc45)n3)ccc2c1. The lowest BCUT2D eigenvalue weighted by Crippen LogP contribution is -2.01. The Kier molecular flexibility index (Phi) is 7.14. The second-order valence-corrected chi connectivity index (χ2v) is 14.0. The Labute approximate surface area is 317 Å². The van der Waals surface area contributed by atoms with E-state index in [0.29, 0.717) is 17.5 Å². The molecule has 11 aromatic rings. The number of rotatable bonds is 5. The van der Waals surface area contributed by atoms with Crippen LogP contribution in [0.4, 0.5) is 0 Å². The number of aromatic nitrogens is 3. The van der Waals surface area contributed by atoms with Crippen molar-refractivity contribution in [1.82, 2.24) is 15.0 Å². The van der Waals surface area contributed by atoms with Gasteiger partial charge in [0.1, 0.15) is 11.2 Å². The van der Waals surface area contributed by atoms with Gasteiger partial charge in [0, 0.05) is 27.5 Å². The van der Waals surface area contributed by atoms with Crippen LogP contribution in [0.25, 0.3) is 111 Å². The zero-order valence-electron chi connectivity index (χ0n) is 29.6. The third-order valence-corrected chi connectivity index (χ3v) is 10.7. The maximum atomic E-state index is 6.28. The molecule has 0 aliphatic heterocycles. The van der Waals surface area contributed by atoms with Gasteiger partial charge in [-0.15, -0.1) is 0 Å². The first kappa shape index (κ1) is 31.1. The number of benzene rings is 9. The van der Waals surface area contributed by atoms with Gasteiger partial charge in [0.05, 0.1) is 0 Å². The van der Waals surface area contributed by atoms with Crippen molar-refractivity contribution in [2.24, 2.45) is 0 Å². The second kappa shape index (κ2) is 12.6. The molecule has 0 spiro atoms. The number of furan rings is 1. The van der Waals surface area contributed by atoms with Gasteiger partial charge in [0.2, 0.25) is 0 Å². The van der Waals surface area contributed by atoms with Crippen molar-refractivity contribution in [2.75, 3.05) is 0 Å². The lowest BCUT2D eigenvalue weighted by molar-refractivity contribution is 0.669. The number of hydrogen-bond donors (Lipinski definition) is 0. The minimum Gasteiger partial charge on any atom is -0.456 e. The van der Waals surface area contributed by atoms with Gasteiger partial charge in [-0.05, 0) is 78.8 Å². The molecule has 0 atom stereocenters. The fourth-order valence-electron chi connectivity index (χ4n) is 8.09. The first-order valence-corrected chi connectivity index (χ1v) is 18.5. The molecule has 4 heteroatoms. The van der Waals surface area contributed by atoms with Gasteiger partial charge in [0.15, 0.2) is 17.5 Å². The molecule has 2 aromatic heterocycles. The summed E-state index contributed by atoms with van der Waals surface area (Å²) >= 11 is 0. The van der Waals surface area contributed by atoms with E-state index in [9.17, 15) is 0 Å². The molecule has 0 amide bonds. The standard InChI is InChI=1S/C51H31N3O/c1-2-13-36-31-37(28-23-32(36)11-1)50-52-49(35-26-24-34(25-27-35)39-19-9-14-33-12-3-4-15-38(33)39)53-51(54-50)44-30-29-42(40-16-5-6-17-41(40)44)43-20-10-22-47-48(43)45-18-7-8-21-46(45)55-47/h1-31H. The molecule has 11 rings (SSSR count). The Morgan fingerprint density at radius 2 is 0.836 bits per heavy atom. The maximum absolute atomic E-state index is 6.28. The molecule has 256 valence electrons. The Morgan fingerprint density at radius 1 is 0.291 bits per heavy atom. The van der Waals surface area contributed by atoms with Gasteiger partial charge in [-0.1, -0.05) is 164 Å². The summed E-state index contributed by atoms with van der Waals surface area (Å²) in [5.74, 6) is 1.88. The van der Waals surface area contributed by atoms with Gasteiger partial charge in [-0.25, -0.2) is 15.0 Å². The van der Waals surface area contributed by atoms with E-state index in [1.807, 2.05) is 18.2 Å². The van der Waals surface area contributed by atoms with Crippen LogP contribution < -0.4 is 0 Å². The minimum absolute atomic E-state index is 0.625. The monoisotopic (exact) mass is 701 g/mol. The number of nitrogens with zero attached hydrogens (tertiary/aromatic N) is 3. The van der Waals surface area contributed by atoms with Crippen molar-refractivity contribution in [1.29, 1.82) is 0 Å². The van der Waals surface area contributed by atoms with Crippen molar-refractivity contribution in [2.45, 2.75) is 0 Å². The zero-order valence-corrected chi connectivity index (χ0v) is 29.6. The lowest BCUT2D eigenvalue weighted by atomic mass is 9.92. The third-order valence-electron chi connectivity index (χ3n) is 10.7. The van der Waals surface area contributed by atoms with Crippen LogP contribution >= 0.6 is 0 Å². The average Bonchev–Trinajstić information content (AvgIpc) is 3.65. The predicted octanol–water partition coefficient (Wildman–Crippen LogP) is 13.6. The predicted molar refractivity (Wildman–Crippen MR) is 227 cm³/mol. The molecule has 4 nitrogen and oxygen atoms in total. The highest BCUT2D eigenvalue weighted by Crippen LogP contribution is 2.41. The summed E-state index contributed by atoms with van der Waals surface area (Å²) in [6, 6.07) is 65.8. The molecule has 9 aromatic carbocycles. The summed E-state index contributed by atoms with van der Waals surface area (Å²) in [5, 5.41) is 9.17. The maximum Gasteiger partial charge on any atom is 0.164 e. The second-order valence-electron chi connectivity index (χ2n) is 14.0. The average molecular weight is 702 g/mol. The third kappa shape index (κ3) is 5.26. The van der Waals surface area contributed by atoms with Crippen LogP contribution in [0.2, 0.25) is 0 Å². The molecule has 0 unspecified atom stereocenters. The van der Waals surface area contributed by atoms with Crippen LogP contribution in [0.1, 0.15) is 0 Å². The van der Waals surface area contributed by atoms with Gasteiger partial charge >= 0.3 is 0 Å². The highest BCUT2D eigenvalue weighted by Gasteiger charge is 2.19. The van der Waals surface area contributed by atoms with Crippen LogP contribution in [0, 0.1) is 0 Å². The van der Waals surface area contributed by atoms with Crippen molar-refractivity contribution < 1.29 is 4.42 Å². The van der Waals surface area contributed by atoms with Gasteiger partial charge in [-0.2, -0.15) is 0 Å². The molecule has 0 aliphatic carbocycles. The van der Waals surface area contributed by atoms with Crippen molar-refractivity contribution in [3.63, 3.8) is 0 Å². The van der Waals surface area contributed by atoms with E-state index in [0.717, 1.165) is 71.5 Å². The lowest BCUT2D eigenvalue weighted by Gasteiger charge is -2.14. The molecule has 0 saturated heterocycles. The summed E-state index contributed by atoms with van der Waals surface area (Å²) < 4.78 is 6.28. The first-order chi connectivity index (χ1) is 27.2. The Morgan fingerprint density at radius 3 is 1.67 bits per heavy atom. The molecule has 0 N–H and O–H groups in total. The van der Waals surface area contributed by atoms with E-state index in [-0.39, 0.29) is 0 Å². The zero-order chi connectivity index (χ0) is 36.3. The van der Waals surface area contributed by atoms with E-state index in [1.165, 1.54) is 21.7 Å². The highest BCUT2D eigenvalue weighted by molar-refractivity contribution is 6.16. The number of hydrogen-bond acceptors (Lipinski definition) is 4. The molecule has 0 bridgehead atoms. The van der Waals surface area contributed by atoms with Crippen LogP contribution in [0.3, 0.4) is 0 Å². The van der Waals surface area contributed by atoms with Gasteiger partial charge < -0.3 is 4.42 Å². The van der Waals surface area contributed by atoms with Crippen molar-refractivity contribution in [3.05, 3.63) is 188 Å². The summed E-state index contributed by atoms with van der Waals surface area (Å²) in [7, 11) is 0. The molecule has 0 aliphatic rings. The smallest absolute Gasteiger partial charge is 0.164 e. The summed E-state index contributed by atoms with van der Waals surface area (Å²) in [6.07, 6.45) is 0. The normalized spacial score (nSPS) is 11.6. The minimum atomic E-state index is 0.625. The van der Waals surface area contributed by atoms with Gasteiger partial charge in [0.25, 0.3) is 0 Å². The van der Waals surface area contributed by atoms with E-state index >= 15 is 0 Å². The Hall–Kier alpha value is -7.43. The van der Waals surface area contributed by atoms with E-state index in [4.69, 9.17) is 19.4 Å².